The number of nitrogen functional groups attached to an aromatic ring is 1. The van der Waals surface area contributed by atoms with Gasteiger partial charge in [0.15, 0.2) is 5.65 Å². The number of aromatic amines is 1. The first-order chi connectivity index (χ1) is 10.3. The Morgan fingerprint density at radius 2 is 2.10 bits per heavy atom. The summed E-state index contributed by atoms with van der Waals surface area (Å²) in [6.45, 7) is 0.720. The SMILES string of the molecule is Nc1ccccc1-c1nc(NCCCO)nc2[nH]cnc12. The molecule has 0 aliphatic rings. The highest BCUT2D eigenvalue weighted by Crippen LogP contribution is 2.29. The van der Waals surface area contributed by atoms with Gasteiger partial charge in [0.2, 0.25) is 5.95 Å². The first-order valence-corrected chi connectivity index (χ1v) is 6.70. The van der Waals surface area contributed by atoms with Crippen LogP contribution in [0.5, 0.6) is 0 Å². The lowest BCUT2D eigenvalue weighted by molar-refractivity contribution is 0.292. The molecule has 7 nitrogen and oxygen atoms in total. The Balaban J connectivity index is 2.08. The fraction of sp³-hybridized carbons (Fsp3) is 0.214. The highest BCUT2D eigenvalue weighted by molar-refractivity contribution is 5.91. The fourth-order valence-corrected chi connectivity index (χ4v) is 2.09. The van der Waals surface area contributed by atoms with Crippen LogP contribution in [0.15, 0.2) is 30.6 Å². The number of nitrogens with two attached hydrogens (primary N) is 1. The molecule has 0 aliphatic heterocycles. The molecule has 108 valence electrons. The maximum atomic E-state index is 8.84. The van der Waals surface area contributed by atoms with Crippen molar-refractivity contribution in [2.45, 2.75) is 6.42 Å². The molecule has 7 heteroatoms. The zero-order chi connectivity index (χ0) is 14.7. The third kappa shape index (κ3) is 2.63. The van der Waals surface area contributed by atoms with E-state index in [1.807, 2.05) is 24.3 Å². The summed E-state index contributed by atoms with van der Waals surface area (Å²) in [5.74, 6) is 0.485. The molecule has 0 fully saturated rings. The van der Waals surface area contributed by atoms with Crippen LogP contribution < -0.4 is 11.1 Å². The van der Waals surface area contributed by atoms with E-state index in [9.17, 15) is 0 Å². The van der Waals surface area contributed by atoms with E-state index in [1.54, 1.807) is 6.33 Å². The van der Waals surface area contributed by atoms with E-state index in [1.165, 1.54) is 0 Å². The van der Waals surface area contributed by atoms with Gasteiger partial charge in [-0.1, -0.05) is 18.2 Å². The van der Waals surface area contributed by atoms with Crippen LogP contribution in [0.4, 0.5) is 11.6 Å². The standard InChI is InChI=1S/C14H16N6O/c15-10-5-2-1-4-9(10)11-12-13(18-8-17-12)20-14(19-11)16-6-3-7-21/h1-2,4-5,8,21H,3,6-7,15H2,(H2,16,17,18,19,20). The number of nitrogens with zero attached hydrogens (tertiary/aromatic N) is 3. The third-order valence-electron chi connectivity index (χ3n) is 3.11. The van der Waals surface area contributed by atoms with Crippen molar-refractivity contribution in [1.29, 1.82) is 0 Å². The van der Waals surface area contributed by atoms with E-state index in [-0.39, 0.29) is 6.61 Å². The lowest BCUT2D eigenvalue weighted by Crippen LogP contribution is -2.08. The largest absolute Gasteiger partial charge is 0.398 e. The quantitative estimate of drug-likeness (QED) is 0.416. The number of aromatic nitrogens is 4. The van der Waals surface area contributed by atoms with Gasteiger partial charge in [0, 0.05) is 24.4 Å². The Kier molecular flexibility index (Phi) is 3.65. The molecular weight excluding hydrogens is 268 g/mol. The van der Waals surface area contributed by atoms with Gasteiger partial charge in [-0.3, -0.25) is 0 Å². The van der Waals surface area contributed by atoms with Crippen LogP contribution in [0.2, 0.25) is 0 Å². The van der Waals surface area contributed by atoms with Crippen molar-refractivity contribution in [2.75, 3.05) is 24.2 Å². The van der Waals surface area contributed by atoms with Gasteiger partial charge < -0.3 is 21.1 Å². The number of aliphatic hydroxyl groups excluding tert-OH is 1. The van der Waals surface area contributed by atoms with Crippen LogP contribution >= 0.6 is 0 Å². The molecule has 1 aromatic carbocycles. The van der Waals surface area contributed by atoms with E-state index in [0.717, 1.165) is 5.56 Å². The van der Waals surface area contributed by atoms with Crippen molar-refractivity contribution in [1.82, 2.24) is 19.9 Å². The summed E-state index contributed by atoms with van der Waals surface area (Å²) in [5.41, 5.74) is 9.51. The maximum Gasteiger partial charge on any atom is 0.225 e. The number of fused-ring (bicyclic) bond motifs is 1. The van der Waals surface area contributed by atoms with Gasteiger partial charge in [0.05, 0.1) is 6.33 Å². The molecule has 3 aromatic rings. The second-order valence-electron chi connectivity index (χ2n) is 4.59. The van der Waals surface area contributed by atoms with Crippen molar-refractivity contribution in [3.8, 4) is 11.3 Å². The number of hydrogen-bond donors (Lipinski definition) is 4. The number of anilines is 2. The average molecular weight is 284 g/mol. The number of aliphatic hydroxyl groups is 1. The van der Waals surface area contributed by atoms with Gasteiger partial charge in [0.25, 0.3) is 0 Å². The highest BCUT2D eigenvalue weighted by atomic mass is 16.3. The zero-order valence-corrected chi connectivity index (χ0v) is 11.4. The van der Waals surface area contributed by atoms with E-state index in [2.05, 4.69) is 25.3 Å². The van der Waals surface area contributed by atoms with Crippen molar-refractivity contribution < 1.29 is 5.11 Å². The summed E-state index contributed by atoms with van der Waals surface area (Å²) in [4.78, 5) is 16.1. The number of benzene rings is 1. The third-order valence-corrected chi connectivity index (χ3v) is 3.11. The van der Waals surface area contributed by atoms with Gasteiger partial charge in [-0.25, -0.2) is 9.97 Å². The highest BCUT2D eigenvalue weighted by Gasteiger charge is 2.13. The second kappa shape index (κ2) is 5.76. The minimum atomic E-state index is 0.123. The van der Waals surface area contributed by atoms with Crippen LogP contribution in [0.25, 0.3) is 22.4 Å². The molecule has 5 N–H and O–H groups in total. The van der Waals surface area contributed by atoms with Gasteiger partial charge in [-0.05, 0) is 12.5 Å². The molecule has 0 atom stereocenters. The summed E-state index contributed by atoms with van der Waals surface area (Å²) in [6, 6.07) is 7.52. The number of imidazole rings is 1. The minimum Gasteiger partial charge on any atom is -0.398 e. The van der Waals surface area contributed by atoms with E-state index in [4.69, 9.17) is 10.8 Å². The Hall–Kier alpha value is -2.67. The van der Waals surface area contributed by atoms with Gasteiger partial charge >= 0.3 is 0 Å². The summed E-state index contributed by atoms with van der Waals surface area (Å²) >= 11 is 0. The predicted molar refractivity (Wildman–Crippen MR) is 81.7 cm³/mol. The van der Waals surface area contributed by atoms with Crippen LogP contribution in [0, 0.1) is 0 Å². The van der Waals surface area contributed by atoms with E-state index < -0.39 is 0 Å². The van der Waals surface area contributed by atoms with Gasteiger partial charge in [0.1, 0.15) is 11.2 Å². The molecule has 2 aromatic heterocycles. The molecule has 0 unspecified atom stereocenters. The van der Waals surface area contributed by atoms with Crippen molar-refractivity contribution in [3.05, 3.63) is 30.6 Å². The first-order valence-electron chi connectivity index (χ1n) is 6.70. The molecule has 0 aliphatic carbocycles. The molecule has 2 heterocycles. The van der Waals surface area contributed by atoms with Crippen molar-refractivity contribution >= 4 is 22.8 Å². The van der Waals surface area contributed by atoms with Crippen LogP contribution in [0.3, 0.4) is 0 Å². The predicted octanol–water partition coefficient (Wildman–Crippen LogP) is 1.40. The number of H-pyrrole nitrogens is 1. The number of para-hydroxylation sites is 1. The lowest BCUT2D eigenvalue weighted by atomic mass is 10.1. The molecule has 0 saturated carbocycles. The zero-order valence-electron chi connectivity index (χ0n) is 11.4. The Bertz CT molecular complexity index is 754. The summed E-state index contributed by atoms with van der Waals surface area (Å²) in [6.07, 6.45) is 2.21. The monoisotopic (exact) mass is 284 g/mol. The van der Waals surface area contributed by atoms with Crippen LogP contribution in [-0.2, 0) is 0 Å². The fourth-order valence-electron chi connectivity index (χ4n) is 2.09. The first kappa shape index (κ1) is 13.3. The van der Waals surface area contributed by atoms with E-state index >= 15 is 0 Å². The molecule has 0 bridgehead atoms. The Morgan fingerprint density at radius 1 is 1.24 bits per heavy atom. The number of nitrogens with one attached hydrogen (secondary N) is 2. The van der Waals surface area contributed by atoms with Crippen LogP contribution in [-0.4, -0.2) is 38.2 Å². The average Bonchev–Trinajstić information content (AvgIpc) is 2.96. The second-order valence-corrected chi connectivity index (χ2v) is 4.59. The maximum absolute atomic E-state index is 8.84. The summed E-state index contributed by atoms with van der Waals surface area (Å²) in [5, 5.41) is 11.9. The van der Waals surface area contributed by atoms with Gasteiger partial charge in [-0.2, -0.15) is 4.98 Å². The lowest BCUT2D eigenvalue weighted by Gasteiger charge is -2.08. The molecule has 0 radical (unpaired) electrons. The van der Waals surface area contributed by atoms with Crippen molar-refractivity contribution in [3.63, 3.8) is 0 Å². The number of hydrogen-bond acceptors (Lipinski definition) is 6. The summed E-state index contributed by atoms with van der Waals surface area (Å²) < 4.78 is 0. The molecule has 3 rings (SSSR count). The number of rotatable bonds is 5. The molecule has 0 saturated heterocycles. The molecular formula is C14H16N6O. The Labute approximate surface area is 121 Å². The van der Waals surface area contributed by atoms with Crippen molar-refractivity contribution in [2.24, 2.45) is 0 Å². The molecule has 21 heavy (non-hydrogen) atoms. The molecule has 0 amide bonds. The van der Waals surface area contributed by atoms with E-state index in [0.29, 0.717) is 41.5 Å². The topological polar surface area (TPSA) is 113 Å². The normalized spacial score (nSPS) is 10.9. The summed E-state index contributed by atoms with van der Waals surface area (Å²) in [7, 11) is 0. The van der Waals surface area contributed by atoms with Gasteiger partial charge in [-0.15, -0.1) is 0 Å². The molecule has 0 spiro atoms. The Morgan fingerprint density at radius 3 is 2.90 bits per heavy atom. The smallest absolute Gasteiger partial charge is 0.225 e. The minimum absolute atomic E-state index is 0.123. The van der Waals surface area contributed by atoms with Crippen LogP contribution in [0.1, 0.15) is 6.42 Å².